The molecule has 2 aromatic rings. The van der Waals surface area contributed by atoms with Crippen molar-refractivity contribution in [2.45, 2.75) is 0 Å². The van der Waals surface area contributed by atoms with Crippen molar-refractivity contribution in [3.8, 4) is 11.3 Å². The predicted molar refractivity (Wildman–Crippen MR) is 62.0 cm³/mol. The molecule has 0 atom stereocenters. The second kappa shape index (κ2) is 4.41. The second-order valence-corrected chi connectivity index (χ2v) is 3.71. The van der Waals surface area contributed by atoms with Crippen LogP contribution in [-0.4, -0.2) is 26.2 Å². The molecular weight excluding hydrogens is 262 g/mol. The molecule has 1 aromatic carbocycles. The number of halogens is 1. The lowest BCUT2D eigenvalue weighted by Crippen LogP contribution is -2.12. The number of hydrogen-bond acceptors (Lipinski definition) is 5. The number of H-pyrrole nitrogens is 1. The van der Waals surface area contributed by atoms with Gasteiger partial charge >= 0.3 is 0 Å². The number of nitrogens with zero attached hydrogens (tertiary/aromatic N) is 3. The fraction of sp³-hybridized carbons (Fsp3) is 0. The van der Waals surface area contributed by atoms with Gasteiger partial charge < -0.3 is 5.73 Å². The Kier molecular flexibility index (Phi) is 2.94. The van der Waals surface area contributed by atoms with Gasteiger partial charge in [-0.15, -0.1) is 0 Å². The van der Waals surface area contributed by atoms with E-state index in [2.05, 4.69) is 15.4 Å². The maximum Gasteiger partial charge on any atom is 0.271 e. The number of rotatable bonds is 3. The highest BCUT2D eigenvalue weighted by Gasteiger charge is 2.20. The summed E-state index contributed by atoms with van der Waals surface area (Å²) in [7, 11) is 0. The molecule has 0 spiro atoms. The Morgan fingerprint density at radius 2 is 2.17 bits per heavy atom. The molecule has 0 unspecified atom stereocenters. The maximum absolute atomic E-state index is 11.1. The number of non-ortho nitro benzene ring substituents is 1. The third kappa shape index (κ3) is 2.00. The van der Waals surface area contributed by atoms with Crippen LogP contribution in [0.5, 0.6) is 0 Å². The van der Waals surface area contributed by atoms with Crippen LogP contribution in [0.25, 0.3) is 11.3 Å². The molecule has 0 radical (unpaired) electrons. The first-order valence-corrected chi connectivity index (χ1v) is 5.03. The lowest BCUT2D eigenvalue weighted by Gasteiger charge is -2.01. The Bertz CT molecular complexity index is 639. The monoisotopic (exact) mass is 267 g/mol. The Labute approximate surface area is 105 Å². The largest absolute Gasteiger partial charge is 0.364 e. The fourth-order valence-electron chi connectivity index (χ4n) is 1.40. The van der Waals surface area contributed by atoms with Gasteiger partial charge in [-0.2, -0.15) is 15.4 Å². The zero-order valence-electron chi connectivity index (χ0n) is 8.75. The van der Waals surface area contributed by atoms with Crippen LogP contribution in [0.15, 0.2) is 18.2 Å². The number of hydrogen-bond donors (Lipinski definition) is 2. The van der Waals surface area contributed by atoms with Gasteiger partial charge in [0.05, 0.1) is 9.95 Å². The van der Waals surface area contributed by atoms with Crippen LogP contribution in [0.3, 0.4) is 0 Å². The molecule has 0 aliphatic heterocycles. The van der Waals surface area contributed by atoms with Crippen molar-refractivity contribution in [2.24, 2.45) is 5.73 Å². The first kappa shape index (κ1) is 12.0. The average molecular weight is 268 g/mol. The third-order valence-corrected chi connectivity index (χ3v) is 2.53. The number of primary amides is 1. The summed E-state index contributed by atoms with van der Waals surface area (Å²) in [6.45, 7) is 0. The van der Waals surface area contributed by atoms with Gasteiger partial charge in [0.25, 0.3) is 11.6 Å². The number of amides is 1. The molecule has 18 heavy (non-hydrogen) atoms. The van der Waals surface area contributed by atoms with Crippen molar-refractivity contribution in [2.75, 3.05) is 0 Å². The van der Waals surface area contributed by atoms with Crippen LogP contribution in [0, 0.1) is 10.1 Å². The zero-order valence-corrected chi connectivity index (χ0v) is 9.51. The quantitative estimate of drug-likeness (QED) is 0.636. The van der Waals surface area contributed by atoms with E-state index in [1.165, 1.54) is 18.2 Å². The molecule has 9 heteroatoms. The molecule has 92 valence electrons. The predicted octanol–water partition coefficient (Wildman–Crippen LogP) is 1.13. The third-order valence-electron chi connectivity index (χ3n) is 2.20. The summed E-state index contributed by atoms with van der Waals surface area (Å²) in [5.41, 5.74) is 5.10. The van der Waals surface area contributed by atoms with E-state index in [1.54, 1.807) is 0 Å². The average Bonchev–Trinajstić information content (AvgIpc) is 2.78. The van der Waals surface area contributed by atoms with Gasteiger partial charge in [-0.05, 0) is 6.07 Å². The van der Waals surface area contributed by atoms with E-state index in [-0.39, 0.29) is 27.7 Å². The van der Waals surface area contributed by atoms with Gasteiger partial charge in [-0.25, -0.2) is 0 Å². The van der Waals surface area contributed by atoms with Crippen LogP contribution < -0.4 is 5.73 Å². The Morgan fingerprint density at radius 1 is 1.44 bits per heavy atom. The van der Waals surface area contributed by atoms with E-state index >= 15 is 0 Å². The highest BCUT2D eigenvalue weighted by molar-refractivity contribution is 6.33. The van der Waals surface area contributed by atoms with Crippen LogP contribution in [0.2, 0.25) is 5.02 Å². The van der Waals surface area contributed by atoms with Gasteiger partial charge in [-0.1, -0.05) is 11.6 Å². The van der Waals surface area contributed by atoms with E-state index < -0.39 is 10.8 Å². The van der Waals surface area contributed by atoms with Crippen LogP contribution in [0.1, 0.15) is 10.5 Å². The lowest BCUT2D eigenvalue weighted by atomic mass is 10.1. The Morgan fingerprint density at radius 3 is 2.78 bits per heavy atom. The maximum atomic E-state index is 11.1. The van der Waals surface area contributed by atoms with Crippen molar-refractivity contribution < 1.29 is 9.72 Å². The SMILES string of the molecule is NC(=O)c1n[nH]nc1-c1cc([N+](=O)[O-])ccc1Cl. The number of carbonyl (C=O) groups is 1. The molecule has 3 N–H and O–H groups in total. The molecule has 0 saturated heterocycles. The molecule has 8 nitrogen and oxygen atoms in total. The number of carbonyl (C=O) groups excluding carboxylic acids is 1. The smallest absolute Gasteiger partial charge is 0.271 e. The van der Waals surface area contributed by atoms with Crippen LogP contribution >= 0.6 is 11.6 Å². The topological polar surface area (TPSA) is 128 Å². The molecule has 0 saturated carbocycles. The zero-order chi connectivity index (χ0) is 13.3. The molecule has 0 aliphatic rings. The standard InChI is InChI=1S/C9H6ClN5O3/c10-6-2-1-4(15(17)18)3-5(6)7-8(9(11)16)13-14-12-7/h1-3H,(H2,11,16)(H,12,13,14). The molecule has 2 rings (SSSR count). The number of nitro benzene ring substituents is 1. The van der Waals surface area contributed by atoms with Crippen LogP contribution in [-0.2, 0) is 0 Å². The highest BCUT2D eigenvalue weighted by atomic mass is 35.5. The van der Waals surface area contributed by atoms with E-state index in [9.17, 15) is 14.9 Å². The molecule has 1 amide bonds. The molecule has 0 bridgehead atoms. The van der Waals surface area contributed by atoms with Gasteiger partial charge in [0.15, 0.2) is 5.69 Å². The van der Waals surface area contributed by atoms with Crippen molar-refractivity contribution in [3.05, 3.63) is 39.0 Å². The molecule has 1 aromatic heterocycles. The summed E-state index contributed by atoms with van der Waals surface area (Å²) in [4.78, 5) is 21.2. The van der Waals surface area contributed by atoms with Crippen molar-refractivity contribution in [3.63, 3.8) is 0 Å². The number of aromatic nitrogens is 3. The minimum absolute atomic E-state index is 0.0798. The van der Waals surface area contributed by atoms with Crippen molar-refractivity contribution in [1.82, 2.24) is 15.4 Å². The summed E-state index contributed by atoms with van der Waals surface area (Å²) in [5, 5.41) is 20.4. The normalized spacial score (nSPS) is 10.3. The molecule has 1 heterocycles. The molecule has 0 aliphatic carbocycles. The summed E-state index contributed by atoms with van der Waals surface area (Å²) in [5.74, 6) is -0.804. The second-order valence-electron chi connectivity index (χ2n) is 3.31. The van der Waals surface area contributed by atoms with Gasteiger partial charge in [0.2, 0.25) is 0 Å². The summed E-state index contributed by atoms with van der Waals surface area (Å²) in [6, 6.07) is 3.79. The van der Waals surface area contributed by atoms with Gasteiger partial charge in [0, 0.05) is 17.7 Å². The van der Waals surface area contributed by atoms with E-state index in [4.69, 9.17) is 17.3 Å². The summed E-state index contributed by atoms with van der Waals surface area (Å²) >= 11 is 5.91. The number of benzene rings is 1. The molecule has 0 fully saturated rings. The van der Waals surface area contributed by atoms with Crippen molar-refractivity contribution in [1.29, 1.82) is 0 Å². The highest BCUT2D eigenvalue weighted by Crippen LogP contribution is 2.31. The van der Waals surface area contributed by atoms with Crippen LogP contribution in [0.4, 0.5) is 5.69 Å². The molecular formula is C9H6ClN5O3. The minimum Gasteiger partial charge on any atom is -0.364 e. The summed E-state index contributed by atoms with van der Waals surface area (Å²) < 4.78 is 0. The van der Waals surface area contributed by atoms with E-state index in [1.807, 2.05) is 0 Å². The van der Waals surface area contributed by atoms with E-state index in [0.717, 1.165) is 0 Å². The lowest BCUT2D eigenvalue weighted by molar-refractivity contribution is -0.384. The Balaban J connectivity index is 2.63. The van der Waals surface area contributed by atoms with Crippen molar-refractivity contribution >= 4 is 23.2 Å². The Hall–Kier alpha value is -2.48. The number of nitro groups is 1. The number of aromatic amines is 1. The summed E-state index contributed by atoms with van der Waals surface area (Å²) in [6.07, 6.45) is 0. The number of nitrogens with two attached hydrogens (primary N) is 1. The first-order valence-electron chi connectivity index (χ1n) is 4.65. The number of nitrogens with one attached hydrogen (secondary N) is 1. The minimum atomic E-state index is -0.804. The first-order chi connectivity index (χ1) is 8.50. The fourth-order valence-corrected chi connectivity index (χ4v) is 1.61. The van der Waals surface area contributed by atoms with E-state index in [0.29, 0.717) is 0 Å². The van der Waals surface area contributed by atoms with Gasteiger partial charge in [0.1, 0.15) is 5.69 Å². The van der Waals surface area contributed by atoms with Gasteiger partial charge in [-0.3, -0.25) is 14.9 Å².